The number of nitrogens with zero attached hydrogens (tertiary/aromatic N) is 3. The minimum atomic E-state index is -0.239. The van der Waals surface area contributed by atoms with Gasteiger partial charge < -0.3 is 15.5 Å². The van der Waals surface area contributed by atoms with Gasteiger partial charge in [-0.2, -0.15) is 0 Å². The molecule has 0 spiro atoms. The maximum absolute atomic E-state index is 13.0. The van der Waals surface area contributed by atoms with Gasteiger partial charge in [-0.3, -0.25) is 4.79 Å². The Kier molecular flexibility index (Phi) is 4.35. The summed E-state index contributed by atoms with van der Waals surface area (Å²) in [5, 5.41) is 2.53. The van der Waals surface area contributed by atoms with Crippen molar-refractivity contribution in [3.63, 3.8) is 0 Å². The number of rotatable bonds is 3. The number of benzene rings is 1. The average Bonchev–Trinajstić information content (AvgIpc) is 3.04. The quantitative estimate of drug-likeness (QED) is 0.935. The van der Waals surface area contributed by atoms with Crippen LogP contribution in [0.5, 0.6) is 0 Å². The molecule has 0 bridgehead atoms. The predicted octanol–water partition coefficient (Wildman–Crippen LogP) is 1.70. The second-order valence-corrected chi connectivity index (χ2v) is 6.03. The van der Waals surface area contributed by atoms with Crippen molar-refractivity contribution in [2.75, 3.05) is 31.1 Å². The van der Waals surface area contributed by atoms with Gasteiger partial charge in [0.05, 0.1) is 0 Å². The topological polar surface area (TPSA) is 62.5 Å². The summed E-state index contributed by atoms with van der Waals surface area (Å²) in [5.41, 5.74) is 6.98. The van der Waals surface area contributed by atoms with Crippen molar-refractivity contribution in [1.29, 1.82) is 0 Å². The third-order valence-corrected chi connectivity index (χ3v) is 4.58. The van der Waals surface area contributed by atoms with Gasteiger partial charge in [0, 0.05) is 43.8 Å². The molecule has 2 N–H and O–H groups in total. The van der Waals surface area contributed by atoms with Crippen LogP contribution >= 0.6 is 11.3 Å². The van der Waals surface area contributed by atoms with E-state index in [1.807, 2.05) is 0 Å². The molecule has 1 aromatic heterocycles. The Morgan fingerprint density at radius 3 is 2.50 bits per heavy atom. The second kappa shape index (κ2) is 6.41. The summed E-state index contributed by atoms with van der Waals surface area (Å²) in [7, 11) is 0. The zero-order chi connectivity index (χ0) is 15.5. The number of carbonyl (C=O) groups excluding carboxylic acids is 1. The summed E-state index contributed by atoms with van der Waals surface area (Å²) in [6, 6.07) is 6.44. The van der Waals surface area contributed by atoms with E-state index in [4.69, 9.17) is 5.73 Å². The van der Waals surface area contributed by atoms with E-state index in [2.05, 4.69) is 9.88 Å². The molecule has 0 atom stereocenters. The third-order valence-electron chi connectivity index (χ3n) is 3.70. The van der Waals surface area contributed by atoms with Crippen molar-refractivity contribution in [3.05, 3.63) is 46.2 Å². The highest BCUT2D eigenvalue weighted by molar-refractivity contribution is 7.09. The van der Waals surface area contributed by atoms with Crippen molar-refractivity contribution in [3.8, 4) is 0 Å². The summed E-state index contributed by atoms with van der Waals surface area (Å²) in [6.07, 6.45) is 0. The van der Waals surface area contributed by atoms with Gasteiger partial charge in [0.2, 0.25) is 0 Å². The summed E-state index contributed by atoms with van der Waals surface area (Å²) in [6.45, 7) is 3.07. The van der Waals surface area contributed by atoms with Crippen LogP contribution in [0.2, 0.25) is 0 Å². The van der Waals surface area contributed by atoms with Gasteiger partial charge in [0.25, 0.3) is 5.91 Å². The molecule has 0 saturated carbocycles. The average molecular weight is 320 g/mol. The minimum Gasteiger partial charge on any atom is -0.368 e. The van der Waals surface area contributed by atoms with Crippen molar-refractivity contribution in [1.82, 2.24) is 9.88 Å². The number of carbonyl (C=O) groups is 1. The Hall–Kier alpha value is -1.99. The molecule has 1 aromatic carbocycles. The molecule has 5 nitrogen and oxygen atoms in total. The van der Waals surface area contributed by atoms with Crippen LogP contribution in [0, 0.1) is 5.82 Å². The fourth-order valence-electron chi connectivity index (χ4n) is 2.48. The molecule has 0 radical (unpaired) electrons. The molecule has 1 fully saturated rings. The molecule has 1 amide bonds. The first kappa shape index (κ1) is 14.9. The van der Waals surface area contributed by atoms with Gasteiger partial charge in [-0.05, 0) is 24.3 Å². The SMILES string of the molecule is NCc1nc(C(=O)N2CCN(c3ccc(F)cc3)CC2)cs1. The summed E-state index contributed by atoms with van der Waals surface area (Å²) in [4.78, 5) is 20.6. The van der Waals surface area contributed by atoms with E-state index in [9.17, 15) is 9.18 Å². The van der Waals surface area contributed by atoms with Gasteiger partial charge in [0.15, 0.2) is 0 Å². The molecule has 0 aliphatic carbocycles. The van der Waals surface area contributed by atoms with Gasteiger partial charge >= 0.3 is 0 Å². The Morgan fingerprint density at radius 1 is 1.23 bits per heavy atom. The fourth-order valence-corrected chi connectivity index (χ4v) is 3.13. The van der Waals surface area contributed by atoms with E-state index in [1.54, 1.807) is 22.4 Å². The fraction of sp³-hybridized carbons (Fsp3) is 0.333. The largest absolute Gasteiger partial charge is 0.368 e. The molecule has 2 aromatic rings. The zero-order valence-electron chi connectivity index (χ0n) is 12.0. The monoisotopic (exact) mass is 320 g/mol. The number of nitrogens with two attached hydrogens (primary N) is 1. The predicted molar refractivity (Wildman–Crippen MR) is 84.5 cm³/mol. The van der Waals surface area contributed by atoms with Crippen molar-refractivity contribution in [2.45, 2.75) is 6.54 Å². The van der Waals surface area contributed by atoms with Crippen molar-refractivity contribution in [2.24, 2.45) is 5.73 Å². The summed E-state index contributed by atoms with van der Waals surface area (Å²) < 4.78 is 13.0. The van der Waals surface area contributed by atoms with Crippen LogP contribution in [-0.4, -0.2) is 42.0 Å². The smallest absolute Gasteiger partial charge is 0.273 e. The number of piperazine rings is 1. The number of halogens is 1. The number of amides is 1. The van der Waals surface area contributed by atoms with E-state index in [0.29, 0.717) is 25.3 Å². The van der Waals surface area contributed by atoms with Crippen LogP contribution in [0.1, 0.15) is 15.5 Å². The maximum Gasteiger partial charge on any atom is 0.273 e. The lowest BCUT2D eigenvalue weighted by Gasteiger charge is -2.35. The Bertz CT molecular complexity index is 650. The highest BCUT2D eigenvalue weighted by atomic mass is 32.1. The lowest BCUT2D eigenvalue weighted by molar-refractivity contribution is 0.0741. The second-order valence-electron chi connectivity index (χ2n) is 5.09. The van der Waals surface area contributed by atoms with E-state index < -0.39 is 0 Å². The van der Waals surface area contributed by atoms with Gasteiger partial charge in [-0.15, -0.1) is 11.3 Å². The van der Waals surface area contributed by atoms with Gasteiger partial charge in [0.1, 0.15) is 16.5 Å². The van der Waals surface area contributed by atoms with Gasteiger partial charge in [-0.25, -0.2) is 9.37 Å². The highest BCUT2D eigenvalue weighted by Crippen LogP contribution is 2.18. The van der Waals surface area contributed by atoms with E-state index in [1.165, 1.54) is 23.5 Å². The molecule has 3 rings (SSSR count). The number of aromatic nitrogens is 1. The first-order chi connectivity index (χ1) is 10.7. The summed E-state index contributed by atoms with van der Waals surface area (Å²) >= 11 is 1.41. The number of thiazole rings is 1. The normalized spacial score (nSPS) is 15.2. The molecule has 116 valence electrons. The summed E-state index contributed by atoms with van der Waals surface area (Å²) in [5.74, 6) is -0.286. The van der Waals surface area contributed by atoms with Crippen LogP contribution in [0.4, 0.5) is 10.1 Å². The van der Waals surface area contributed by atoms with Crippen LogP contribution < -0.4 is 10.6 Å². The number of hydrogen-bond acceptors (Lipinski definition) is 5. The van der Waals surface area contributed by atoms with E-state index in [0.717, 1.165) is 23.8 Å². The Balaban J connectivity index is 1.61. The van der Waals surface area contributed by atoms with E-state index >= 15 is 0 Å². The lowest BCUT2D eigenvalue weighted by atomic mass is 10.2. The van der Waals surface area contributed by atoms with Crippen molar-refractivity contribution >= 4 is 22.9 Å². The van der Waals surface area contributed by atoms with Gasteiger partial charge in [-0.1, -0.05) is 0 Å². The maximum atomic E-state index is 13.0. The molecule has 22 heavy (non-hydrogen) atoms. The lowest BCUT2D eigenvalue weighted by Crippen LogP contribution is -2.48. The minimum absolute atomic E-state index is 0.0466. The molecular formula is C15H17FN4OS. The molecule has 1 saturated heterocycles. The third kappa shape index (κ3) is 3.10. The molecule has 1 aliphatic rings. The molecule has 0 unspecified atom stereocenters. The van der Waals surface area contributed by atoms with E-state index in [-0.39, 0.29) is 11.7 Å². The zero-order valence-corrected chi connectivity index (χ0v) is 12.9. The molecular weight excluding hydrogens is 303 g/mol. The van der Waals surface area contributed by atoms with Crippen LogP contribution in [-0.2, 0) is 6.54 Å². The van der Waals surface area contributed by atoms with Crippen LogP contribution in [0.3, 0.4) is 0 Å². The highest BCUT2D eigenvalue weighted by Gasteiger charge is 2.23. The number of anilines is 1. The molecule has 7 heteroatoms. The Morgan fingerprint density at radius 2 is 1.91 bits per heavy atom. The van der Waals surface area contributed by atoms with Crippen molar-refractivity contribution < 1.29 is 9.18 Å². The first-order valence-corrected chi connectivity index (χ1v) is 7.99. The number of hydrogen-bond donors (Lipinski definition) is 1. The van der Waals surface area contributed by atoms with Crippen LogP contribution in [0.15, 0.2) is 29.6 Å². The standard InChI is InChI=1S/C15H17FN4OS/c16-11-1-3-12(4-2-11)19-5-7-20(8-6-19)15(21)13-10-22-14(9-17)18-13/h1-4,10H,5-9,17H2. The molecule has 2 heterocycles. The molecule has 1 aliphatic heterocycles. The first-order valence-electron chi connectivity index (χ1n) is 7.11. The van der Waals surface area contributed by atoms with Crippen LogP contribution in [0.25, 0.3) is 0 Å². The Labute approximate surface area is 132 Å².